The number of H-pyrrole nitrogens is 2. The second kappa shape index (κ2) is 6.50. The van der Waals surface area contributed by atoms with E-state index in [1.165, 1.54) is 42.5 Å². The molecule has 0 amide bonds. The Balaban J connectivity index is 1.99. The molecule has 2 heterocycles. The fourth-order valence-electron chi connectivity index (χ4n) is 3.08. The first-order valence-corrected chi connectivity index (χ1v) is 8.54. The zero-order chi connectivity index (χ0) is 20.0. The van der Waals surface area contributed by atoms with Crippen molar-refractivity contribution in [3.63, 3.8) is 0 Å². The van der Waals surface area contributed by atoms with Gasteiger partial charge in [-0.2, -0.15) is 0 Å². The number of nitrogens with one attached hydrogen (secondary N) is 2. The van der Waals surface area contributed by atoms with E-state index in [9.17, 15) is 19.2 Å². The van der Waals surface area contributed by atoms with Crippen molar-refractivity contribution >= 4 is 39.4 Å². The van der Waals surface area contributed by atoms with E-state index in [2.05, 4.69) is 10.1 Å². The van der Waals surface area contributed by atoms with Crippen LogP contribution in [-0.4, -0.2) is 25.8 Å². The minimum absolute atomic E-state index is 0.136. The molecule has 0 aliphatic rings. The third-order valence-electron chi connectivity index (χ3n) is 4.37. The molecule has 0 aliphatic carbocycles. The lowest BCUT2D eigenvalue weighted by atomic mass is 10.1. The Bertz CT molecular complexity index is 1430. The van der Waals surface area contributed by atoms with Crippen LogP contribution in [0.3, 0.4) is 0 Å². The van der Waals surface area contributed by atoms with Gasteiger partial charge in [-0.3, -0.25) is 24.3 Å². The maximum atomic E-state index is 12.9. The number of aromatic amines is 2. The Labute approximate surface area is 160 Å². The van der Waals surface area contributed by atoms with E-state index in [-0.39, 0.29) is 22.7 Å². The minimum Gasteiger partial charge on any atom is -0.481 e. The summed E-state index contributed by atoms with van der Waals surface area (Å²) < 4.78 is 0.964. The van der Waals surface area contributed by atoms with Gasteiger partial charge >= 0.3 is 5.97 Å². The molecule has 0 saturated heterocycles. The highest BCUT2D eigenvalue weighted by Crippen LogP contribution is 2.16. The summed E-state index contributed by atoms with van der Waals surface area (Å²) in [6.45, 7) is 0. The van der Waals surface area contributed by atoms with Crippen LogP contribution in [0.25, 0.3) is 27.5 Å². The third-order valence-corrected chi connectivity index (χ3v) is 4.61. The van der Waals surface area contributed by atoms with E-state index in [0.29, 0.717) is 21.8 Å². The summed E-state index contributed by atoms with van der Waals surface area (Å²) in [5.74, 6) is -0.984. The Morgan fingerprint density at radius 1 is 1.07 bits per heavy atom. The first-order chi connectivity index (χ1) is 13.3. The van der Waals surface area contributed by atoms with E-state index >= 15 is 0 Å². The average Bonchev–Trinajstić information content (AvgIpc) is 2.64. The zero-order valence-corrected chi connectivity index (χ0v) is 14.9. The lowest BCUT2D eigenvalue weighted by Crippen LogP contribution is -2.32. The van der Waals surface area contributed by atoms with Gasteiger partial charge in [0.2, 0.25) is 5.43 Å². The predicted octanol–water partition coefficient (Wildman–Crippen LogP) is 1.80. The van der Waals surface area contributed by atoms with Crippen LogP contribution in [0.2, 0.25) is 5.02 Å². The Kier molecular flexibility index (Phi) is 4.12. The maximum absolute atomic E-state index is 12.9. The number of hydrogen-bond acceptors (Lipinski definition) is 4. The van der Waals surface area contributed by atoms with Crippen LogP contribution in [0.4, 0.5) is 0 Å². The smallest absolute Gasteiger partial charge is 0.307 e. The molecule has 0 aliphatic heterocycles. The molecule has 2 aromatic heterocycles. The van der Waals surface area contributed by atoms with Gasteiger partial charge in [0.1, 0.15) is 10.9 Å². The fourth-order valence-corrected chi connectivity index (χ4v) is 3.25. The lowest BCUT2D eigenvalue weighted by Gasteiger charge is -2.09. The molecule has 9 heteroatoms. The number of carboxylic acids is 1. The third kappa shape index (κ3) is 2.89. The average molecular weight is 398 g/mol. The first-order valence-electron chi connectivity index (χ1n) is 8.17. The number of aliphatic carboxylic acids is 1. The van der Waals surface area contributed by atoms with Crippen molar-refractivity contribution in [3.05, 3.63) is 84.0 Å². The molecule has 2 aromatic carbocycles. The van der Waals surface area contributed by atoms with Crippen LogP contribution in [0.15, 0.2) is 56.8 Å². The quantitative estimate of drug-likeness (QED) is 0.454. The standard InChI is InChI=1S/C19H12ClN3O5/c20-10-3-6-12-13(8-10)21-16-15(17(12)26)19(28)23(22-18(16)27)11-4-1-9(2-5-11)7-14(24)25/h1-6,8H,7H2,(H,21,26)(H,22,27)(H,24,25). The molecule has 28 heavy (non-hydrogen) atoms. The topological polar surface area (TPSA) is 125 Å². The highest BCUT2D eigenvalue weighted by molar-refractivity contribution is 6.31. The second-order valence-electron chi connectivity index (χ2n) is 6.21. The summed E-state index contributed by atoms with van der Waals surface area (Å²) in [5, 5.41) is 11.6. The summed E-state index contributed by atoms with van der Waals surface area (Å²) in [7, 11) is 0. The van der Waals surface area contributed by atoms with E-state index in [0.717, 1.165) is 4.68 Å². The van der Waals surface area contributed by atoms with Gasteiger partial charge in [0, 0.05) is 10.4 Å². The Morgan fingerprint density at radius 2 is 1.79 bits per heavy atom. The van der Waals surface area contributed by atoms with Crippen molar-refractivity contribution in [1.82, 2.24) is 14.8 Å². The molecule has 0 fully saturated rings. The number of rotatable bonds is 3. The Morgan fingerprint density at radius 3 is 2.46 bits per heavy atom. The first kappa shape index (κ1) is 17.7. The van der Waals surface area contributed by atoms with Crippen molar-refractivity contribution < 1.29 is 9.90 Å². The van der Waals surface area contributed by atoms with Crippen molar-refractivity contribution in [3.8, 4) is 5.69 Å². The molecule has 3 N–H and O–H groups in total. The van der Waals surface area contributed by atoms with E-state index in [1.807, 2.05) is 0 Å². The van der Waals surface area contributed by atoms with Crippen LogP contribution >= 0.6 is 11.6 Å². The molecule has 0 bridgehead atoms. The van der Waals surface area contributed by atoms with E-state index in [4.69, 9.17) is 16.7 Å². The number of pyridine rings is 1. The maximum Gasteiger partial charge on any atom is 0.307 e. The van der Waals surface area contributed by atoms with Crippen LogP contribution < -0.4 is 16.5 Å². The molecule has 4 rings (SSSR count). The molecule has 8 nitrogen and oxygen atoms in total. The zero-order valence-electron chi connectivity index (χ0n) is 14.2. The second-order valence-corrected chi connectivity index (χ2v) is 6.65. The molecule has 0 atom stereocenters. The number of carbonyl (C=O) groups is 1. The van der Waals surface area contributed by atoms with Gasteiger partial charge in [-0.05, 0) is 35.9 Å². The summed E-state index contributed by atoms with van der Waals surface area (Å²) in [5.41, 5.74) is -0.870. The number of nitrogens with zero attached hydrogens (tertiary/aromatic N) is 1. The van der Waals surface area contributed by atoms with Gasteiger partial charge in [0.25, 0.3) is 11.1 Å². The minimum atomic E-state index is -0.984. The number of halogens is 1. The molecule has 140 valence electrons. The van der Waals surface area contributed by atoms with E-state index in [1.54, 1.807) is 0 Å². The van der Waals surface area contributed by atoms with Crippen LogP contribution in [0.1, 0.15) is 5.56 Å². The largest absolute Gasteiger partial charge is 0.481 e. The van der Waals surface area contributed by atoms with Gasteiger partial charge < -0.3 is 10.1 Å². The predicted molar refractivity (Wildman–Crippen MR) is 105 cm³/mol. The number of hydrogen-bond donors (Lipinski definition) is 3. The summed E-state index contributed by atoms with van der Waals surface area (Å²) in [6.07, 6.45) is -0.169. The SMILES string of the molecule is O=C(O)Cc1ccc(-n2[nH]c(=O)c3[nH]c4cc(Cl)ccc4c(=O)c3c2=O)cc1. The molecular weight excluding hydrogens is 386 g/mol. The highest BCUT2D eigenvalue weighted by atomic mass is 35.5. The Hall–Kier alpha value is -3.65. The highest BCUT2D eigenvalue weighted by Gasteiger charge is 2.15. The van der Waals surface area contributed by atoms with Crippen molar-refractivity contribution in [2.75, 3.05) is 0 Å². The molecule has 0 radical (unpaired) electrons. The van der Waals surface area contributed by atoms with Crippen molar-refractivity contribution in [2.24, 2.45) is 0 Å². The molecule has 0 unspecified atom stereocenters. The molecule has 0 saturated carbocycles. The number of benzene rings is 2. The molecule has 4 aromatic rings. The van der Waals surface area contributed by atoms with Gasteiger partial charge in [-0.1, -0.05) is 23.7 Å². The van der Waals surface area contributed by atoms with Crippen molar-refractivity contribution in [2.45, 2.75) is 6.42 Å². The summed E-state index contributed by atoms with van der Waals surface area (Å²) in [6, 6.07) is 10.6. The summed E-state index contributed by atoms with van der Waals surface area (Å²) in [4.78, 5) is 51.9. The molecule has 0 spiro atoms. The van der Waals surface area contributed by atoms with Crippen molar-refractivity contribution in [1.29, 1.82) is 0 Å². The van der Waals surface area contributed by atoms with Gasteiger partial charge in [-0.15, -0.1) is 0 Å². The normalized spacial score (nSPS) is 11.2. The van der Waals surface area contributed by atoms with Crippen LogP contribution in [0.5, 0.6) is 0 Å². The van der Waals surface area contributed by atoms with Gasteiger partial charge in [0.05, 0.1) is 17.6 Å². The van der Waals surface area contributed by atoms with E-state index < -0.39 is 22.5 Å². The van der Waals surface area contributed by atoms with Crippen LogP contribution in [-0.2, 0) is 11.2 Å². The van der Waals surface area contributed by atoms with Gasteiger partial charge in [0.15, 0.2) is 0 Å². The fraction of sp³-hybridized carbons (Fsp3) is 0.0526. The van der Waals surface area contributed by atoms with Gasteiger partial charge in [-0.25, -0.2) is 4.68 Å². The molecular formula is C19H12ClN3O5. The number of aromatic nitrogens is 3. The monoisotopic (exact) mass is 397 g/mol. The summed E-state index contributed by atoms with van der Waals surface area (Å²) >= 11 is 5.93. The lowest BCUT2D eigenvalue weighted by molar-refractivity contribution is -0.136. The number of carboxylic acid groups (broad SMARTS) is 1. The number of fused-ring (bicyclic) bond motifs is 2. The van der Waals surface area contributed by atoms with Crippen LogP contribution in [0, 0.1) is 0 Å².